The van der Waals surface area contributed by atoms with Crippen LogP contribution < -0.4 is 15.0 Å². The summed E-state index contributed by atoms with van der Waals surface area (Å²) in [5.74, 6) is -0.540. The van der Waals surface area contributed by atoms with E-state index in [0.717, 1.165) is 5.56 Å². The Labute approximate surface area is 200 Å². The monoisotopic (exact) mass is 468 g/mol. The van der Waals surface area contributed by atoms with Gasteiger partial charge in [0.15, 0.2) is 5.41 Å². The molecule has 1 heterocycles. The quantitative estimate of drug-likeness (QED) is 0.466. The molecule has 0 fully saturated rings. The maximum absolute atomic E-state index is 13.9. The molecule has 0 saturated carbocycles. The molecule has 0 aromatic heterocycles. The van der Waals surface area contributed by atoms with Crippen LogP contribution in [0.4, 0.5) is 10.5 Å². The number of methoxy groups -OCH3 is 1. The lowest BCUT2D eigenvalue weighted by Crippen LogP contribution is -2.49. The summed E-state index contributed by atoms with van der Waals surface area (Å²) in [6.45, 7) is 7.42. The molecule has 1 aliphatic heterocycles. The number of carbonyl (C=O) groups is 3. The molecule has 1 aliphatic rings. The van der Waals surface area contributed by atoms with Gasteiger partial charge in [0.05, 0.1) is 20.3 Å². The van der Waals surface area contributed by atoms with E-state index in [9.17, 15) is 14.4 Å². The summed E-state index contributed by atoms with van der Waals surface area (Å²) in [7, 11) is 1.52. The van der Waals surface area contributed by atoms with Crippen LogP contribution in [0.2, 0.25) is 0 Å². The fraction of sp³-hybridized carbons (Fsp3) is 0.423. The van der Waals surface area contributed by atoms with Crippen LogP contribution in [-0.4, -0.2) is 43.8 Å². The Hall–Kier alpha value is -3.55. The number of amides is 2. The molecule has 8 heteroatoms. The van der Waals surface area contributed by atoms with Gasteiger partial charge >= 0.3 is 12.1 Å². The minimum Gasteiger partial charge on any atom is -0.497 e. The van der Waals surface area contributed by atoms with E-state index in [1.165, 1.54) is 7.11 Å². The van der Waals surface area contributed by atoms with Gasteiger partial charge in [0, 0.05) is 17.8 Å². The SMILES string of the molecule is CCOC(=O)[C@]1(CCNC(=O)OC(C)(C)C)C(=O)N(Cc2ccccc2)c2ccc(OC)cc21. The summed E-state index contributed by atoms with van der Waals surface area (Å²) in [6.07, 6.45) is -0.612. The number of benzene rings is 2. The normalized spacial score (nSPS) is 17.2. The van der Waals surface area contributed by atoms with E-state index in [-0.39, 0.29) is 19.6 Å². The first kappa shape index (κ1) is 25.1. The number of ether oxygens (including phenoxy) is 3. The number of hydrogen-bond acceptors (Lipinski definition) is 6. The highest BCUT2D eigenvalue weighted by Crippen LogP contribution is 2.47. The van der Waals surface area contributed by atoms with Crippen LogP contribution in [0.5, 0.6) is 5.75 Å². The van der Waals surface area contributed by atoms with Gasteiger partial charge in [0.1, 0.15) is 11.4 Å². The Morgan fingerprint density at radius 3 is 2.41 bits per heavy atom. The van der Waals surface area contributed by atoms with Crippen LogP contribution in [0.1, 0.15) is 45.2 Å². The van der Waals surface area contributed by atoms with Crippen LogP contribution in [0.15, 0.2) is 48.5 Å². The summed E-state index contributed by atoms with van der Waals surface area (Å²) in [5.41, 5.74) is -0.260. The summed E-state index contributed by atoms with van der Waals surface area (Å²) in [4.78, 5) is 41.1. The van der Waals surface area contributed by atoms with E-state index in [2.05, 4.69) is 5.32 Å². The van der Waals surface area contributed by atoms with Gasteiger partial charge in [-0.2, -0.15) is 0 Å². The minimum absolute atomic E-state index is 0.00929. The molecule has 0 unspecified atom stereocenters. The number of alkyl carbamates (subject to hydrolysis) is 1. The lowest BCUT2D eigenvalue weighted by Gasteiger charge is -2.27. The van der Waals surface area contributed by atoms with Crippen molar-refractivity contribution in [2.24, 2.45) is 0 Å². The van der Waals surface area contributed by atoms with Crippen molar-refractivity contribution in [3.8, 4) is 5.75 Å². The average Bonchev–Trinajstić information content (AvgIpc) is 3.01. The van der Waals surface area contributed by atoms with Gasteiger partial charge in [-0.05, 0) is 57.9 Å². The molecule has 8 nitrogen and oxygen atoms in total. The summed E-state index contributed by atoms with van der Waals surface area (Å²) in [5, 5.41) is 2.66. The fourth-order valence-electron chi connectivity index (χ4n) is 4.06. The molecule has 3 rings (SSSR count). The Bertz CT molecular complexity index is 1050. The van der Waals surface area contributed by atoms with Gasteiger partial charge in [0.25, 0.3) is 0 Å². The molecule has 0 radical (unpaired) electrons. The van der Waals surface area contributed by atoms with Gasteiger partial charge in [-0.15, -0.1) is 0 Å². The van der Waals surface area contributed by atoms with Gasteiger partial charge in [-0.3, -0.25) is 9.59 Å². The van der Waals surface area contributed by atoms with E-state index in [0.29, 0.717) is 23.5 Å². The number of fused-ring (bicyclic) bond motifs is 1. The lowest BCUT2D eigenvalue weighted by atomic mass is 9.78. The first-order valence-electron chi connectivity index (χ1n) is 11.3. The molecular formula is C26H32N2O6. The minimum atomic E-state index is -1.62. The molecule has 1 atom stereocenters. The Kier molecular flexibility index (Phi) is 7.49. The Morgan fingerprint density at radius 1 is 1.09 bits per heavy atom. The third kappa shape index (κ3) is 5.16. The molecule has 0 saturated heterocycles. The number of carbonyl (C=O) groups excluding carboxylic acids is 3. The van der Waals surface area contributed by atoms with E-state index in [1.807, 2.05) is 30.3 Å². The first-order chi connectivity index (χ1) is 16.1. The predicted molar refractivity (Wildman–Crippen MR) is 128 cm³/mol. The Morgan fingerprint density at radius 2 is 1.79 bits per heavy atom. The van der Waals surface area contributed by atoms with Crippen molar-refractivity contribution in [2.45, 2.75) is 51.7 Å². The maximum Gasteiger partial charge on any atom is 0.407 e. The van der Waals surface area contributed by atoms with Gasteiger partial charge in [0.2, 0.25) is 5.91 Å². The number of nitrogens with zero attached hydrogens (tertiary/aromatic N) is 1. The topological polar surface area (TPSA) is 94.2 Å². The summed E-state index contributed by atoms with van der Waals surface area (Å²) < 4.78 is 16.1. The summed E-state index contributed by atoms with van der Waals surface area (Å²) in [6, 6.07) is 14.8. The lowest BCUT2D eigenvalue weighted by molar-refractivity contribution is -0.154. The smallest absolute Gasteiger partial charge is 0.407 e. The maximum atomic E-state index is 13.9. The van der Waals surface area contributed by atoms with E-state index in [1.54, 1.807) is 50.8 Å². The molecule has 0 spiro atoms. The van der Waals surface area contributed by atoms with Crippen molar-refractivity contribution in [3.05, 3.63) is 59.7 Å². The third-order valence-corrected chi connectivity index (χ3v) is 5.54. The van der Waals surface area contributed by atoms with Crippen molar-refractivity contribution in [3.63, 3.8) is 0 Å². The number of nitrogens with one attached hydrogen (secondary N) is 1. The highest BCUT2D eigenvalue weighted by molar-refractivity contribution is 6.20. The Balaban J connectivity index is 2.00. The molecule has 2 amide bonds. The van der Waals surface area contributed by atoms with Crippen molar-refractivity contribution in [2.75, 3.05) is 25.2 Å². The van der Waals surface area contributed by atoms with Crippen LogP contribution in [0, 0.1) is 0 Å². The molecule has 2 aromatic carbocycles. The zero-order valence-corrected chi connectivity index (χ0v) is 20.3. The van der Waals surface area contributed by atoms with Crippen molar-refractivity contribution in [1.82, 2.24) is 5.32 Å². The van der Waals surface area contributed by atoms with Crippen molar-refractivity contribution >= 4 is 23.7 Å². The van der Waals surface area contributed by atoms with E-state index in [4.69, 9.17) is 14.2 Å². The standard InChI is InChI=1S/C26H32N2O6/c1-6-33-23(30)26(14-15-27-24(31)34-25(2,3)4)20-16-19(32-5)12-13-21(20)28(22(26)29)17-18-10-8-7-9-11-18/h7-13,16H,6,14-15,17H2,1-5H3,(H,27,31)/t26-/m0/s1. The van der Waals surface area contributed by atoms with Crippen LogP contribution in [0.3, 0.4) is 0 Å². The summed E-state index contributed by atoms with van der Waals surface area (Å²) >= 11 is 0. The van der Waals surface area contributed by atoms with E-state index >= 15 is 0 Å². The molecule has 182 valence electrons. The molecule has 34 heavy (non-hydrogen) atoms. The highest BCUT2D eigenvalue weighted by Gasteiger charge is 2.57. The molecule has 0 aliphatic carbocycles. The number of anilines is 1. The van der Waals surface area contributed by atoms with Crippen molar-refractivity contribution in [1.29, 1.82) is 0 Å². The highest BCUT2D eigenvalue weighted by atomic mass is 16.6. The third-order valence-electron chi connectivity index (χ3n) is 5.54. The molecule has 2 aromatic rings. The van der Waals surface area contributed by atoms with Crippen LogP contribution in [-0.2, 0) is 31.0 Å². The predicted octanol–water partition coefficient (Wildman–Crippen LogP) is 3.96. The van der Waals surface area contributed by atoms with Crippen LogP contribution >= 0.6 is 0 Å². The number of rotatable bonds is 8. The number of hydrogen-bond donors (Lipinski definition) is 1. The second-order valence-corrected chi connectivity index (χ2v) is 9.06. The molecule has 0 bridgehead atoms. The van der Waals surface area contributed by atoms with E-state index < -0.39 is 29.0 Å². The van der Waals surface area contributed by atoms with Gasteiger partial charge in [-0.25, -0.2) is 4.79 Å². The second-order valence-electron chi connectivity index (χ2n) is 9.06. The van der Waals surface area contributed by atoms with Crippen molar-refractivity contribution < 1.29 is 28.6 Å². The number of esters is 1. The largest absolute Gasteiger partial charge is 0.497 e. The molecule has 1 N–H and O–H groups in total. The average molecular weight is 469 g/mol. The van der Waals surface area contributed by atoms with Gasteiger partial charge < -0.3 is 24.4 Å². The van der Waals surface area contributed by atoms with Gasteiger partial charge in [-0.1, -0.05) is 30.3 Å². The zero-order valence-electron chi connectivity index (χ0n) is 20.3. The zero-order chi connectivity index (χ0) is 24.9. The first-order valence-corrected chi connectivity index (χ1v) is 11.3. The fourth-order valence-corrected chi connectivity index (χ4v) is 4.06. The second kappa shape index (κ2) is 10.2. The molecular weight excluding hydrogens is 436 g/mol. The van der Waals surface area contributed by atoms with Crippen LogP contribution in [0.25, 0.3) is 0 Å².